The van der Waals surface area contributed by atoms with E-state index in [-0.39, 0.29) is 5.78 Å². The third kappa shape index (κ3) is 3.60. The molecule has 2 aromatic heterocycles. The van der Waals surface area contributed by atoms with E-state index < -0.39 is 0 Å². The first-order valence-corrected chi connectivity index (χ1v) is 8.67. The molecule has 0 radical (unpaired) electrons. The summed E-state index contributed by atoms with van der Waals surface area (Å²) in [5, 5.41) is 0.968. The number of carbonyl (C=O) groups excluding carboxylic acids is 1. The van der Waals surface area contributed by atoms with Gasteiger partial charge in [-0.1, -0.05) is 48.5 Å². The quantitative estimate of drug-likeness (QED) is 0.497. The van der Waals surface area contributed by atoms with Gasteiger partial charge in [-0.2, -0.15) is 0 Å². The highest BCUT2D eigenvalue weighted by Crippen LogP contribution is 2.19. The zero-order valence-corrected chi connectivity index (χ0v) is 14.4. The maximum Gasteiger partial charge on any atom is 0.178 e. The van der Waals surface area contributed by atoms with Gasteiger partial charge in [0.05, 0.1) is 19.4 Å². The highest BCUT2D eigenvalue weighted by atomic mass is 16.3. The van der Waals surface area contributed by atoms with Crippen LogP contribution in [0.25, 0.3) is 10.9 Å². The predicted octanol–water partition coefficient (Wildman–Crippen LogP) is 4.65. The minimum atomic E-state index is 0.102. The number of ketones is 1. The fraction of sp³-hybridized carbons (Fsp3) is 0.136. The first-order chi connectivity index (χ1) is 12.8. The van der Waals surface area contributed by atoms with Crippen molar-refractivity contribution < 1.29 is 9.21 Å². The Bertz CT molecular complexity index is 987. The topological polar surface area (TPSA) is 49.2 Å². The lowest BCUT2D eigenvalue weighted by Crippen LogP contribution is -2.29. The number of carbonyl (C=O) groups is 1. The fourth-order valence-electron chi connectivity index (χ4n) is 3.22. The molecule has 2 heterocycles. The lowest BCUT2D eigenvalue weighted by Gasteiger charge is -2.20. The normalized spacial score (nSPS) is 11.3. The standard InChI is InChI=1S/C22H20N2O2/c25-22(20-13-23-21-11-5-4-10-19(20)21)16-24(15-18-9-6-12-26-18)14-17-7-2-1-3-8-17/h1-13,23H,14-16H2. The van der Waals surface area contributed by atoms with E-state index in [1.165, 1.54) is 5.56 Å². The number of para-hydroxylation sites is 1. The van der Waals surface area contributed by atoms with E-state index in [9.17, 15) is 4.79 Å². The number of benzene rings is 2. The van der Waals surface area contributed by atoms with Gasteiger partial charge in [-0.15, -0.1) is 0 Å². The van der Waals surface area contributed by atoms with Crippen molar-refractivity contribution in [1.29, 1.82) is 0 Å². The summed E-state index contributed by atoms with van der Waals surface area (Å²) in [5.74, 6) is 0.956. The molecule has 0 saturated carbocycles. The number of nitrogens with one attached hydrogen (secondary N) is 1. The van der Waals surface area contributed by atoms with Crippen LogP contribution < -0.4 is 0 Å². The Labute approximate surface area is 152 Å². The summed E-state index contributed by atoms with van der Waals surface area (Å²) in [7, 11) is 0. The second-order valence-corrected chi connectivity index (χ2v) is 6.38. The van der Waals surface area contributed by atoms with Crippen molar-refractivity contribution in [2.75, 3.05) is 6.54 Å². The number of hydrogen-bond acceptors (Lipinski definition) is 3. The van der Waals surface area contributed by atoms with E-state index in [2.05, 4.69) is 22.0 Å². The summed E-state index contributed by atoms with van der Waals surface area (Å²) in [6.45, 7) is 1.61. The molecule has 0 atom stereocenters. The van der Waals surface area contributed by atoms with Crippen LogP contribution in [0.1, 0.15) is 21.7 Å². The molecule has 0 unspecified atom stereocenters. The van der Waals surface area contributed by atoms with Crippen LogP contribution in [-0.2, 0) is 13.1 Å². The highest BCUT2D eigenvalue weighted by molar-refractivity contribution is 6.08. The molecular formula is C22H20N2O2. The summed E-state index contributed by atoms with van der Waals surface area (Å²) in [5.41, 5.74) is 2.89. The smallest absolute Gasteiger partial charge is 0.178 e. The van der Waals surface area contributed by atoms with Gasteiger partial charge in [0.2, 0.25) is 0 Å². The van der Waals surface area contributed by atoms with Crippen LogP contribution in [0.2, 0.25) is 0 Å². The van der Waals surface area contributed by atoms with Crippen molar-refractivity contribution in [3.8, 4) is 0 Å². The summed E-state index contributed by atoms with van der Waals surface area (Å²) in [6.07, 6.45) is 3.47. The van der Waals surface area contributed by atoms with Crippen molar-refractivity contribution in [2.24, 2.45) is 0 Å². The zero-order valence-electron chi connectivity index (χ0n) is 14.4. The Balaban J connectivity index is 1.56. The molecule has 130 valence electrons. The number of aromatic amines is 1. The first kappa shape index (κ1) is 16.4. The minimum Gasteiger partial charge on any atom is -0.468 e. The van der Waals surface area contributed by atoms with Gasteiger partial charge in [0, 0.05) is 29.2 Å². The molecule has 26 heavy (non-hydrogen) atoms. The monoisotopic (exact) mass is 344 g/mol. The van der Waals surface area contributed by atoms with Crippen LogP contribution in [0.15, 0.2) is 83.6 Å². The molecule has 4 aromatic rings. The lowest BCUT2D eigenvalue weighted by molar-refractivity contribution is 0.0916. The molecule has 4 rings (SSSR count). The van der Waals surface area contributed by atoms with Gasteiger partial charge in [-0.05, 0) is 23.8 Å². The van der Waals surface area contributed by atoms with Crippen LogP contribution in [0.4, 0.5) is 0 Å². The third-order valence-corrected chi connectivity index (χ3v) is 4.47. The van der Waals surface area contributed by atoms with Crippen LogP contribution >= 0.6 is 0 Å². The predicted molar refractivity (Wildman–Crippen MR) is 102 cm³/mol. The molecule has 0 spiro atoms. The molecule has 0 aliphatic carbocycles. The molecule has 0 bridgehead atoms. The summed E-state index contributed by atoms with van der Waals surface area (Å²) in [6, 6.07) is 21.9. The fourth-order valence-corrected chi connectivity index (χ4v) is 3.22. The second kappa shape index (κ2) is 7.42. The van der Waals surface area contributed by atoms with Crippen molar-refractivity contribution in [1.82, 2.24) is 9.88 Å². The van der Waals surface area contributed by atoms with Gasteiger partial charge in [0.15, 0.2) is 5.78 Å². The molecule has 4 heteroatoms. The molecule has 4 nitrogen and oxygen atoms in total. The van der Waals surface area contributed by atoms with E-state index in [0.717, 1.165) is 22.2 Å². The maximum atomic E-state index is 13.0. The van der Waals surface area contributed by atoms with Crippen LogP contribution in [0.5, 0.6) is 0 Å². The van der Waals surface area contributed by atoms with Gasteiger partial charge in [0.25, 0.3) is 0 Å². The first-order valence-electron chi connectivity index (χ1n) is 8.67. The summed E-state index contributed by atoms with van der Waals surface area (Å²) in [4.78, 5) is 18.2. The van der Waals surface area contributed by atoms with Crippen LogP contribution in [0.3, 0.4) is 0 Å². The Morgan fingerprint density at radius 2 is 1.73 bits per heavy atom. The average molecular weight is 344 g/mol. The molecular weight excluding hydrogens is 324 g/mol. The van der Waals surface area contributed by atoms with Crippen molar-refractivity contribution in [3.63, 3.8) is 0 Å². The summed E-state index contributed by atoms with van der Waals surface area (Å²) < 4.78 is 5.49. The third-order valence-electron chi connectivity index (χ3n) is 4.47. The van der Waals surface area contributed by atoms with Gasteiger partial charge in [-0.3, -0.25) is 9.69 Å². The largest absolute Gasteiger partial charge is 0.468 e. The minimum absolute atomic E-state index is 0.102. The van der Waals surface area contributed by atoms with Crippen molar-refractivity contribution in [2.45, 2.75) is 13.1 Å². The molecule has 0 fully saturated rings. The Morgan fingerprint density at radius 1 is 0.923 bits per heavy atom. The molecule has 0 aliphatic heterocycles. The van der Waals surface area contributed by atoms with E-state index in [1.807, 2.05) is 54.6 Å². The number of rotatable bonds is 7. The van der Waals surface area contributed by atoms with Gasteiger partial charge in [-0.25, -0.2) is 0 Å². The second-order valence-electron chi connectivity index (χ2n) is 6.38. The van der Waals surface area contributed by atoms with Gasteiger partial charge >= 0.3 is 0 Å². The van der Waals surface area contributed by atoms with Crippen LogP contribution in [0, 0.1) is 0 Å². The molecule has 0 amide bonds. The molecule has 0 aliphatic rings. The van der Waals surface area contributed by atoms with Gasteiger partial charge < -0.3 is 9.40 Å². The number of aromatic nitrogens is 1. The molecule has 2 aromatic carbocycles. The highest BCUT2D eigenvalue weighted by Gasteiger charge is 2.17. The average Bonchev–Trinajstić information content (AvgIpc) is 3.32. The number of H-pyrrole nitrogens is 1. The van der Waals surface area contributed by atoms with Crippen LogP contribution in [-0.4, -0.2) is 22.2 Å². The number of furan rings is 1. The SMILES string of the molecule is O=C(CN(Cc1ccccc1)Cc1ccco1)c1c[nH]c2ccccc12. The van der Waals surface area contributed by atoms with E-state index >= 15 is 0 Å². The number of nitrogens with zero attached hydrogens (tertiary/aromatic N) is 1. The Hall–Kier alpha value is -3.11. The maximum absolute atomic E-state index is 13.0. The van der Waals surface area contributed by atoms with E-state index in [4.69, 9.17) is 4.42 Å². The Kier molecular flexibility index (Phi) is 4.67. The molecule has 0 saturated heterocycles. The van der Waals surface area contributed by atoms with Gasteiger partial charge in [0.1, 0.15) is 5.76 Å². The number of Topliss-reactive ketones (excluding diaryl/α,β-unsaturated/α-hetero) is 1. The van der Waals surface area contributed by atoms with Crippen molar-refractivity contribution >= 4 is 16.7 Å². The summed E-state index contributed by atoms with van der Waals surface area (Å²) >= 11 is 0. The zero-order chi connectivity index (χ0) is 17.8. The van der Waals surface area contributed by atoms with E-state index in [0.29, 0.717) is 19.6 Å². The van der Waals surface area contributed by atoms with E-state index in [1.54, 1.807) is 12.5 Å². The van der Waals surface area contributed by atoms with Crippen molar-refractivity contribution in [3.05, 3.63) is 96.1 Å². The number of fused-ring (bicyclic) bond motifs is 1. The Morgan fingerprint density at radius 3 is 2.54 bits per heavy atom. The lowest BCUT2D eigenvalue weighted by atomic mass is 10.1. The number of hydrogen-bond donors (Lipinski definition) is 1. The molecule has 1 N–H and O–H groups in total.